The van der Waals surface area contributed by atoms with Crippen LogP contribution < -0.4 is 14.4 Å². The minimum atomic E-state index is -0.761. The number of thioether (sulfide) groups is 1. The molecule has 7 heteroatoms. The minimum absolute atomic E-state index is 0.227. The predicted molar refractivity (Wildman–Crippen MR) is 148 cm³/mol. The Balaban J connectivity index is 1.53. The molecule has 1 amide bonds. The molecule has 0 aromatic heterocycles. The van der Waals surface area contributed by atoms with Crippen molar-refractivity contribution in [2.75, 3.05) is 12.0 Å². The van der Waals surface area contributed by atoms with E-state index in [2.05, 4.69) is 0 Å². The van der Waals surface area contributed by atoms with Crippen LogP contribution in [0.1, 0.15) is 22.7 Å². The van der Waals surface area contributed by atoms with E-state index in [4.69, 9.17) is 14.2 Å². The van der Waals surface area contributed by atoms with E-state index in [-0.39, 0.29) is 5.24 Å². The predicted octanol–water partition coefficient (Wildman–Crippen LogP) is 6.80. The number of anilines is 1. The average Bonchev–Trinajstić information content (AvgIpc) is 3.32. The highest BCUT2D eigenvalue weighted by Gasteiger charge is 2.48. The van der Waals surface area contributed by atoms with Crippen molar-refractivity contribution in [2.24, 2.45) is 0 Å². The average molecular weight is 526 g/mol. The maximum absolute atomic E-state index is 13.2. The van der Waals surface area contributed by atoms with E-state index in [1.54, 1.807) is 4.90 Å². The number of benzene rings is 4. The van der Waals surface area contributed by atoms with Gasteiger partial charge in [0.2, 0.25) is 0 Å². The van der Waals surface area contributed by atoms with Crippen LogP contribution in [0.5, 0.6) is 11.5 Å². The van der Waals surface area contributed by atoms with E-state index in [0.29, 0.717) is 36.0 Å². The molecule has 0 saturated carbocycles. The molecule has 0 N–H and O–H groups in total. The van der Waals surface area contributed by atoms with Crippen LogP contribution in [-0.2, 0) is 22.7 Å². The molecule has 192 valence electrons. The monoisotopic (exact) mass is 525 g/mol. The third-order valence-electron chi connectivity index (χ3n) is 6.25. The zero-order valence-corrected chi connectivity index (χ0v) is 21.7. The van der Waals surface area contributed by atoms with E-state index >= 15 is 0 Å². The van der Waals surface area contributed by atoms with Gasteiger partial charge in [-0.2, -0.15) is 0 Å². The molecule has 1 saturated heterocycles. The number of rotatable bonds is 9. The maximum Gasteiger partial charge on any atom is 0.321 e. The molecule has 38 heavy (non-hydrogen) atoms. The smallest absolute Gasteiger partial charge is 0.321 e. The fourth-order valence-electron chi connectivity index (χ4n) is 4.38. The summed E-state index contributed by atoms with van der Waals surface area (Å²) in [5.41, 5.74) is 3.43. The zero-order valence-electron chi connectivity index (χ0n) is 20.9. The third kappa shape index (κ3) is 5.68. The standard InChI is InChI=1S/C31H27NO5S/c1-35-30(33)29-28(32(31(34)38-29)24-15-9-4-10-16-24)26-18-17-25(36-20-22-11-5-2-6-12-22)19-27(26)37-21-23-13-7-3-8-14-23/h2-19,28-29H,20-21H2,1H3/t28-,29+/m1/s1. The third-order valence-corrected chi connectivity index (χ3v) is 7.35. The minimum Gasteiger partial charge on any atom is -0.489 e. The van der Waals surface area contributed by atoms with E-state index in [9.17, 15) is 9.59 Å². The SMILES string of the molecule is COC(=O)[C@H]1SC(=O)N(c2ccccc2)[C@@H]1c1ccc(OCc2ccccc2)cc1OCc1ccccc1. The van der Waals surface area contributed by atoms with Crippen molar-refractivity contribution in [1.29, 1.82) is 0 Å². The summed E-state index contributed by atoms with van der Waals surface area (Å²) in [5, 5.41) is -0.988. The van der Waals surface area contributed by atoms with Gasteiger partial charge in [-0.15, -0.1) is 0 Å². The van der Waals surface area contributed by atoms with E-state index in [1.165, 1.54) is 7.11 Å². The van der Waals surface area contributed by atoms with Crippen LogP contribution in [0.25, 0.3) is 0 Å². The number of nitrogens with zero attached hydrogens (tertiary/aromatic N) is 1. The topological polar surface area (TPSA) is 65.1 Å². The number of para-hydroxylation sites is 1. The molecular formula is C31H27NO5S. The van der Waals surface area contributed by atoms with Gasteiger partial charge < -0.3 is 14.2 Å². The lowest BCUT2D eigenvalue weighted by Gasteiger charge is -2.28. The van der Waals surface area contributed by atoms with Crippen molar-refractivity contribution in [3.05, 3.63) is 126 Å². The van der Waals surface area contributed by atoms with Gasteiger partial charge in [0.1, 0.15) is 30.0 Å². The van der Waals surface area contributed by atoms with Gasteiger partial charge in [-0.3, -0.25) is 14.5 Å². The van der Waals surface area contributed by atoms with Crippen LogP contribution >= 0.6 is 11.8 Å². The highest BCUT2D eigenvalue weighted by Crippen LogP contribution is 2.48. The van der Waals surface area contributed by atoms with Gasteiger partial charge in [0.05, 0.1) is 13.2 Å². The summed E-state index contributed by atoms with van der Waals surface area (Å²) in [6.07, 6.45) is 0. The lowest BCUT2D eigenvalue weighted by molar-refractivity contribution is -0.140. The number of hydrogen-bond acceptors (Lipinski definition) is 6. The van der Waals surface area contributed by atoms with Gasteiger partial charge in [0, 0.05) is 17.3 Å². The van der Waals surface area contributed by atoms with Crippen LogP contribution in [0, 0.1) is 0 Å². The van der Waals surface area contributed by atoms with Crippen LogP contribution in [0.15, 0.2) is 109 Å². The summed E-state index contributed by atoms with van der Waals surface area (Å²) in [6.45, 7) is 0.717. The summed E-state index contributed by atoms with van der Waals surface area (Å²) in [5.74, 6) is 0.693. The molecule has 0 radical (unpaired) electrons. The molecule has 1 aliphatic rings. The van der Waals surface area contributed by atoms with Gasteiger partial charge in [-0.05, 0) is 47.2 Å². The number of carbonyl (C=O) groups excluding carboxylic acids is 2. The lowest BCUT2D eigenvalue weighted by atomic mass is 9.99. The van der Waals surface area contributed by atoms with Crippen molar-refractivity contribution in [3.63, 3.8) is 0 Å². The summed E-state index contributed by atoms with van der Waals surface area (Å²) in [6, 6.07) is 34.0. The second-order valence-electron chi connectivity index (χ2n) is 8.73. The Morgan fingerprint density at radius 2 is 1.37 bits per heavy atom. The van der Waals surface area contributed by atoms with Crippen molar-refractivity contribution in [1.82, 2.24) is 0 Å². The Labute approximate surface area is 226 Å². The first kappa shape index (κ1) is 25.4. The summed E-state index contributed by atoms with van der Waals surface area (Å²) in [4.78, 5) is 27.7. The molecule has 0 bridgehead atoms. The van der Waals surface area contributed by atoms with Gasteiger partial charge in [-0.1, -0.05) is 78.9 Å². The Hall–Kier alpha value is -4.23. The van der Waals surface area contributed by atoms with E-state index in [1.807, 2.05) is 109 Å². The molecule has 1 heterocycles. The molecule has 0 unspecified atom stereocenters. The van der Waals surface area contributed by atoms with Crippen molar-refractivity contribution < 1.29 is 23.8 Å². The van der Waals surface area contributed by atoms with E-state index < -0.39 is 17.3 Å². The highest BCUT2D eigenvalue weighted by molar-refractivity contribution is 8.15. The van der Waals surface area contributed by atoms with Crippen LogP contribution in [0.3, 0.4) is 0 Å². The molecule has 0 spiro atoms. The number of amides is 1. The molecule has 5 rings (SSSR count). The van der Waals surface area contributed by atoms with Gasteiger partial charge >= 0.3 is 5.97 Å². The summed E-state index contributed by atoms with van der Waals surface area (Å²) >= 11 is 0.965. The number of carbonyl (C=O) groups is 2. The Kier molecular flexibility index (Phi) is 7.95. The molecule has 6 nitrogen and oxygen atoms in total. The molecule has 4 aromatic carbocycles. The van der Waals surface area contributed by atoms with Crippen molar-refractivity contribution >= 4 is 28.7 Å². The van der Waals surface area contributed by atoms with Crippen LogP contribution in [0.2, 0.25) is 0 Å². The lowest BCUT2D eigenvalue weighted by Crippen LogP contribution is -2.33. The van der Waals surface area contributed by atoms with Crippen molar-refractivity contribution in [3.8, 4) is 11.5 Å². The summed E-state index contributed by atoms with van der Waals surface area (Å²) in [7, 11) is 1.34. The first-order chi connectivity index (χ1) is 18.6. The molecular weight excluding hydrogens is 498 g/mol. The second kappa shape index (κ2) is 11.9. The molecule has 0 aliphatic carbocycles. The van der Waals surface area contributed by atoms with Crippen LogP contribution in [0.4, 0.5) is 10.5 Å². The largest absolute Gasteiger partial charge is 0.489 e. The number of ether oxygens (including phenoxy) is 3. The second-order valence-corrected chi connectivity index (χ2v) is 9.82. The first-order valence-electron chi connectivity index (χ1n) is 12.2. The molecule has 1 aliphatic heterocycles. The van der Waals surface area contributed by atoms with Gasteiger partial charge in [0.15, 0.2) is 0 Å². The quantitative estimate of drug-likeness (QED) is 0.224. The number of esters is 1. The number of hydrogen-bond donors (Lipinski definition) is 0. The van der Waals surface area contributed by atoms with Crippen molar-refractivity contribution in [2.45, 2.75) is 24.5 Å². The summed E-state index contributed by atoms with van der Waals surface area (Å²) < 4.78 is 17.5. The zero-order chi connectivity index (χ0) is 26.3. The maximum atomic E-state index is 13.2. The molecule has 2 atom stereocenters. The molecule has 1 fully saturated rings. The fourth-order valence-corrected chi connectivity index (χ4v) is 5.52. The highest BCUT2D eigenvalue weighted by atomic mass is 32.2. The number of methoxy groups -OCH3 is 1. The fraction of sp³-hybridized carbons (Fsp3) is 0.161. The molecule has 4 aromatic rings. The van der Waals surface area contributed by atoms with Gasteiger partial charge in [0.25, 0.3) is 5.24 Å². The Morgan fingerprint density at radius 1 is 0.789 bits per heavy atom. The Morgan fingerprint density at radius 3 is 1.97 bits per heavy atom. The van der Waals surface area contributed by atoms with Gasteiger partial charge in [-0.25, -0.2) is 0 Å². The normalized spacial score (nSPS) is 16.8. The van der Waals surface area contributed by atoms with Crippen LogP contribution in [-0.4, -0.2) is 23.6 Å². The van der Waals surface area contributed by atoms with E-state index in [0.717, 1.165) is 22.9 Å². The Bertz CT molecular complexity index is 1380. The first-order valence-corrected chi connectivity index (χ1v) is 13.1.